The second-order valence-corrected chi connectivity index (χ2v) is 5.40. The number of anilines is 1. The predicted molar refractivity (Wildman–Crippen MR) is 89.2 cm³/mol. The number of halogens is 1. The van der Waals surface area contributed by atoms with Crippen molar-refractivity contribution >= 4 is 30.0 Å². The summed E-state index contributed by atoms with van der Waals surface area (Å²) in [5.74, 6) is -0.0613. The Morgan fingerprint density at radius 3 is 2.32 bits per heavy atom. The highest BCUT2D eigenvalue weighted by molar-refractivity contribution is 5.89. The fraction of sp³-hybridized carbons (Fsp3) is 0.467. The summed E-state index contributed by atoms with van der Waals surface area (Å²) in [4.78, 5) is 27.4. The van der Waals surface area contributed by atoms with E-state index in [9.17, 15) is 9.59 Å². The first-order valence-electron chi connectivity index (χ1n) is 7.14. The van der Waals surface area contributed by atoms with Crippen molar-refractivity contribution in [2.24, 2.45) is 5.73 Å². The second kappa shape index (κ2) is 8.00. The van der Waals surface area contributed by atoms with Crippen LogP contribution in [0.25, 0.3) is 0 Å². The van der Waals surface area contributed by atoms with Gasteiger partial charge in [-0.15, -0.1) is 12.4 Å². The fourth-order valence-electron chi connectivity index (χ4n) is 2.34. The molecule has 1 heterocycles. The van der Waals surface area contributed by atoms with Gasteiger partial charge < -0.3 is 20.9 Å². The van der Waals surface area contributed by atoms with E-state index >= 15 is 0 Å². The van der Waals surface area contributed by atoms with E-state index in [0.717, 1.165) is 11.3 Å². The topological polar surface area (TPSA) is 78.7 Å². The normalized spacial score (nSPS) is 15.8. The highest BCUT2D eigenvalue weighted by atomic mass is 35.5. The van der Waals surface area contributed by atoms with E-state index in [1.165, 1.54) is 0 Å². The minimum absolute atomic E-state index is 0. The summed E-state index contributed by atoms with van der Waals surface area (Å²) < 4.78 is 0. The molecule has 22 heavy (non-hydrogen) atoms. The van der Waals surface area contributed by atoms with Crippen molar-refractivity contribution in [3.63, 3.8) is 0 Å². The molecule has 0 saturated carbocycles. The number of nitrogens with one attached hydrogen (secondary N) is 1. The first kappa shape index (κ1) is 18.3. The van der Waals surface area contributed by atoms with Gasteiger partial charge in [-0.25, -0.2) is 4.79 Å². The Kier molecular flexibility index (Phi) is 6.64. The highest BCUT2D eigenvalue weighted by Gasteiger charge is 2.25. The van der Waals surface area contributed by atoms with Gasteiger partial charge in [0.15, 0.2) is 0 Å². The van der Waals surface area contributed by atoms with Crippen molar-refractivity contribution in [1.82, 2.24) is 9.80 Å². The van der Waals surface area contributed by atoms with E-state index in [1.54, 1.807) is 16.7 Å². The van der Waals surface area contributed by atoms with Gasteiger partial charge in [-0.1, -0.05) is 12.1 Å². The Bertz CT molecular complexity index is 528. The lowest BCUT2D eigenvalue weighted by Crippen LogP contribution is -2.54. The summed E-state index contributed by atoms with van der Waals surface area (Å²) in [6.45, 7) is 5.77. The van der Waals surface area contributed by atoms with Gasteiger partial charge in [0.25, 0.3) is 0 Å². The number of rotatable bonds is 2. The minimum atomic E-state index is -0.488. The molecule has 122 valence electrons. The summed E-state index contributed by atoms with van der Waals surface area (Å²) in [6.07, 6.45) is 0. The second-order valence-electron chi connectivity index (χ2n) is 5.40. The molecule has 0 spiro atoms. The smallest absolute Gasteiger partial charge is 0.321 e. The van der Waals surface area contributed by atoms with Crippen LogP contribution >= 0.6 is 12.4 Å². The summed E-state index contributed by atoms with van der Waals surface area (Å²) in [6, 6.07) is 7.05. The average Bonchev–Trinajstić information content (AvgIpc) is 2.46. The van der Waals surface area contributed by atoms with Crippen LogP contribution in [0.3, 0.4) is 0 Å². The standard InChI is InChI=1S/C15H22N4O2.ClH/c1-11-4-3-5-13(10-11)17-15(21)19-8-6-18(7-9-19)14(20)12(2)16;/h3-5,10,12H,6-9,16H2,1-2H3,(H,17,21);1H/t12-;/m0./s1. The number of piperazine rings is 1. The molecule has 3 N–H and O–H groups in total. The molecule has 7 heteroatoms. The minimum Gasteiger partial charge on any atom is -0.338 e. The van der Waals surface area contributed by atoms with Crippen LogP contribution in [0.1, 0.15) is 12.5 Å². The largest absolute Gasteiger partial charge is 0.338 e. The first-order chi connectivity index (χ1) is 9.97. The Labute approximate surface area is 137 Å². The number of aryl methyl sites for hydroxylation is 1. The Hall–Kier alpha value is -1.79. The molecular formula is C15H23ClN4O2. The molecule has 1 aromatic carbocycles. The third-order valence-corrected chi connectivity index (χ3v) is 3.54. The van der Waals surface area contributed by atoms with Gasteiger partial charge in [0.1, 0.15) is 0 Å². The lowest BCUT2D eigenvalue weighted by Gasteiger charge is -2.35. The van der Waals surface area contributed by atoms with E-state index < -0.39 is 6.04 Å². The molecule has 0 bridgehead atoms. The van der Waals surface area contributed by atoms with Crippen LogP contribution in [-0.2, 0) is 4.79 Å². The number of carbonyl (C=O) groups excluding carboxylic acids is 2. The molecule has 0 radical (unpaired) electrons. The van der Waals surface area contributed by atoms with Crippen molar-refractivity contribution in [3.05, 3.63) is 29.8 Å². The molecule has 1 fully saturated rings. The van der Waals surface area contributed by atoms with Crippen LogP contribution < -0.4 is 11.1 Å². The maximum Gasteiger partial charge on any atom is 0.321 e. The summed E-state index contributed by atoms with van der Waals surface area (Å²) in [5, 5.41) is 2.88. The lowest BCUT2D eigenvalue weighted by molar-refractivity contribution is -0.133. The molecule has 3 amide bonds. The average molecular weight is 327 g/mol. The molecule has 1 saturated heterocycles. The summed E-state index contributed by atoms with van der Waals surface area (Å²) in [7, 11) is 0. The number of nitrogens with two attached hydrogens (primary N) is 1. The molecule has 0 aliphatic carbocycles. The van der Waals surface area contributed by atoms with E-state index in [0.29, 0.717) is 26.2 Å². The van der Waals surface area contributed by atoms with Gasteiger partial charge in [-0.2, -0.15) is 0 Å². The van der Waals surface area contributed by atoms with Crippen LogP contribution in [-0.4, -0.2) is 54.0 Å². The Morgan fingerprint density at radius 1 is 1.18 bits per heavy atom. The highest BCUT2D eigenvalue weighted by Crippen LogP contribution is 2.11. The number of hydrogen-bond acceptors (Lipinski definition) is 3. The zero-order valence-electron chi connectivity index (χ0n) is 12.9. The van der Waals surface area contributed by atoms with E-state index in [4.69, 9.17) is 5.73 Å². The summed E-state index contributed by atoms with van der Waals surface area (Å²) >= 11 is 0. The Balaban J connectivity index is 0.00000242. The molecule has 6 nitrogen and oxygen atoms in total. The molecule has 1 aromatic rings. The number of amides is 3. The van der Waals surface area contributed by atoms with Crippen LogP contribution in [0.4, 0.5) is 10.5 Å². The van der Waals surface area contributed by atoms with Crippen molar-refractivity contribution in [3.8, 4) is 0 Å². The van der Waals surface area contributed by atoms with Crippen LogP contribution in [0.2, 0.25) is 0 Å². The van der Waals surface area contributed by atoms with Gasteiger partial charge >= 0.3 is 6.03 Å². The number of urea groups is 1. The number of carbonyl (C=O) groups is 2. The van der Waals surface area contributed by atoms with E-state index in [-0.39, 0.29) is 24.3 Å². The van der Waals surface area contributed by atoms with E-state index in [1.807, 2.05) is 31.2 Å². The number of nitrogens with zero attached hydrogens (tertiary/aromatic N) is 2. The quantitative estimate of drug-likeness (QED) is 0.863. The summed E-state index contributed by atoms with van der Waals surface area (Å²) in [5.41, 5.74) is 7.48. The predicted octanol–water partition coefficient (Wildman–Crippen LogP) is 1.44. The van der Waals surface area contributed by atoms with Gasteiger partial charge in [0.05, 0.1) is 6.04 Å². The number of benzene rings is 1. The van der Waals surface area contributed by atoms with Gasteiger partial charge in [-0.05, 0) is 31.5 Å². The maximum absolute atomic E-state index is 12.2. The molecule has 2 rings (SSSR count). The van der Waals surface area contributed by atoms with Crippen LogP contribution in [0, 0.1) is 6.92 Å². The SMILES string of the molecule is Cc1cccc(NC(=O)N2CCN(C(=O)[C@H](C)N)CC2)c1.Cl. The van der Waals surface area contributed by atoms with Crippen molar-refractivity contribution < 1.29 is 9.59 Å². The zero-order chi connectivity index (χ0) is 15.4. The van der Waals surface area contributed by atoms with Gasteiger partial charge in [-0.3, -0.25) is 4.79 Å². The Morgan fingerprint density at radius 2 is 1.77 bits per heavy atom. The fourth-order valence-corrected chi connectivity index (χ4v) is 2.34. The van der Waals surface area contributed by atoms with Gasteiger partial charge in [0, 0.05) is 31.9 Å². The van der Waals surface area contributed by atoms with Crippen molar-refractivity contribution in [2.45, 2.75) is 19.9 Å². The molecular weight excluding hydrogens is 304 g/mol. The van der Waals surface area contributed by atoms with Crippen LogP contribution in [0.15, 0.2) is 24.3 Å². The van der Waals surface area contributed by atoms with Gasteiger partial charge in [0.2, 0.25) is 5.91 Å². The molecule has 1 atom stereocenters. The van der Waals surface area contributed by atoms with Crippen molar-refractivity contribution in [1.29, 1.82) is 0 Å². The molecule has 0 aromatic heterocycles. The van der Waals surface area contributed by atoms with Crippen LogP contribution in [0.5, 0.6) is 0 Å². The van der Waals surface area contributed by atoms with E-state index in [2.05, 4.69) is 5.32 Å². The third kappa shape index (κ3) is 4.61. The molecule has 0 unspecified atom stereocenters. The van der Waals surface area contributed by atoms with Crippen molar-refractivity contribution in [2.75, 3.05) is 31.5 Å². The zero-order valence-corrected chi connectivity index (χ0v) is 13.7. The first-order valence-corrected chi connectivity index (χ1v) is 7.14. The monoisotopic (exact) mass is 326 g/mol. The third-order valence-electron chi connectivity index (χ3n) is 3.54. The molecule has 1 aliphatic rings. The molecule has 1 aliphatic heterocycles. The lowest BCUT2D eigenvalue weighted by atomic mass is 10.2. The number of hydrogen-bond donors (Lipinski definition) is 2. The maximum atomic E-state index is 12.2.